The Balaban J connectivity index is 1.22. The van der Waals surface area contributed by atoms with Crippen LogP contribution in [0.15, 0.2) is 130 Å². The summed E-state index contributed by atoms with van der Waals surface area (Å²) in [4.78, 5) is 6.24. The molecule has 7 rings (SSSR count). The minimum atomic E-state index is -1.46. The third-order valence-corrected chi connectivity index (χ3v) is 9.62. The molecule has 0 fully saturated rings. The lowest BCUT2D eigenvalue weighted by Crippen LogP contribution is -2.07. The second kappa shape index (κ2) is 12.1. The lowest BCUT2D eigenvalue weighted by Gasteiger charge is -2.15. The molecule has 1 aliphatic rings. The molecular formula is C38H31NO5S. The predicted molar refractivity (Wildman–Crippen MR) is 179 cm³/mol. The van der Waals surface area contributed by atoms with Crippen LogP contribution in [0.2, 0.25) is 0 Å². The number of hydrogen-bond donors (Lipinski definition) is 0. The summed E-state index contributed by atoms with van der Waals surface area (Å²) in [5, 5.41) is 4.76. The molecule has 0 aromatic heterocycles. The van der Waals surface area contributed by atoms with Crippen LogP contribution in [-0.2, 0) is 15.5 Å². The highest BCUT2D eigenvalue weighted by Gasteiger charge is 2.27. The zero-order valence-corrected chi connectivity index (χ0v) is 26.0. The van der Waals surface area contributed by atoms with Crippen molar-refractivity contribution in [3.8, 4) is 28.4 Å². The van der Waals surface area contributed by atoms with E-state index in [2.05, 4.69) is 66.7 Å². The molecule has 0 aliphatic carbocycles. The van der Waals surface area contributed by atoms with E-state index >= 15 is 0 Å². The molecule has 2 atom stereocenters. The largest absolute Gasteiger partial charge is 0.493 e. The van der Waals surface area contributed by atoms with Crippen molar-refractivity contribution in [1.82, 2.24) is 0 Å². The van der Waals surface area contributed by atoms with Crippen LogP contribution in [-0.4, -0.2) is 38.0 Å². The number of nitrogens with zero attached hydrogens (tertiary/aromatic N) is 1. The summed E-state index contributed by atoms with van der Waals surface area (Å²) in [7, 11) is 3.29. The van der Waals surface area contributed by atoms with Gasteiger partial charge in [0, 0.05) is 4.90 Å². The van der Waals surface area contributed by atoms with Gasteiger partial charge in [-0.3, -0.25) is 0 Å². The lowest BCUT2D eigenvalue weighted by molar-refractivity contribution is 0.312. The number of hydrogen-bond acceptors (Lipinski definition) is 6. The van der Waals surface area contributed by atoms with Crippen LogP contribution in [0.5, 0.6) is 17.2 Å². The normalized spacial score (nSPS) is 15.0. The van der Waals surface area contributed by atoms with E-state index in [1.54, 1.807) is 21.3 Å². The van der Waals surface area contributed by atoms with Gasteiger partial charge in [0.15, 0.2) is 11.5 Å². The third kappa shape index (κ3) is 5.19. The van der Waals surface area contributed by atoms with E-state index in [4.69, 9.17) is 23.9 Å². The van der Waals surface area contributed by atoms with Crippen molar-refractivity contribution in [2.24, 2.45) is 4.99 Å². The summed E-state index contributed by atoms with van der Waals surface area (Å²) in [6.07, 6.45) is 0. The number of fused-ring (bicyclic) bond motifs is 2. The van der Waals surface area contributed by atoms with Crippen LogP contribution in [0, 0.1) is 0 Å². The Morgan fingerprint density at radius 2 is 1.31 bits per heavy atom. The predicted octanol–water partition coefficient (Wildman–Crippen LogP) is 8.37. The van der Waals surface area contributed by atoms with Crippen LogP contribution in [0.1, 0.15) is 17.2 Å². The van der Waals surface area contributed by atoms with Gasteiger partial charge in [-0.1, -0.05) is 72.8 Å². The van der Waals surface area contributed by atoms with Crippen LogP contribution in [0.3, 0.4) is 0 Å². The standard InChI is InChI=1S/C38H31NO5S/c1-41-33-21-27(22-34(42-2)37(33)43-3)32-23-44-38(39-32)31-14-8-9-15-35(31)45(40)28-18-16-24(17-19-28)36-29-12-6-4-10-25(29)20-26-11-5-7-13-30(26)36/h4-22,32H,23H2,1-3H3/t32-,45?/m1/s1. The van der Waals surface area contributed by atoms with Crippen molar-refractivity contribution in [3.63, 3.8) is 0 Å². The van der Waals surface area contributed by atoms with E-state index < -0.39 is 10.8 Å². The molecule has 1 unspecified atom stereocenters. The number of ether oxygens (including phenoxy) is 4. The summed E-state index contributed by atoms with van der Waals surface area (Å²) in [6.45, 7) is 0.336. The zero-order chi connectivity index (χ0) is 30.9. The average molecular weight is 614 g/mol. The van der Waals surface area contributed by atoms with Gasteiger partial charge in [0.1, 0.15) is 12.6 Å². The molecule has 6 aromatic carbocycles. The first-order valence-corrected chi connectivity index (χ1v) is 15.8. The molecule has 0 spiro atoms. The molecule has 6 aromatic rings. The highest BCUT2D eigenvalue weighted by Crippen LogP contribution is 2.42. The van der Waals surface area contributed by atoms with Crippen LogP contribution in [0.4, 0.5) is 0 Å². The van der Waals surface area contributed by atoms with Crippen molar-refractivity contribution >= 4 is 38.2 Å². The molecule has 0 N–H and O–H groups in total. The molecule has 6 nitrogen and oxygen atoms in total. The minimum Gasteiger partial charge on any atom is -0.493 e. The average Bonchev–Trinajstić information content (AvgIpc) is 3.60. The third-order valence-electron chi connectivity index (χ3n) is 8.17. The maximum Gasteiger partial charge on any atom is 0.218 e. The molecule has 0 amide bonds. The monoisotopic (exact) mass is 613 g/mol. The summed E-state index contributed by atoms with van der Waals surface area (Å²) in [6, 6.07) is 38.2. The summed E-state index contributed by atoms with van der Waals surface area (Å²) >= 11 is 0. The van der Waals surface area contributed by atoms with Gasteiger partial charge in [0.25, 0.3) is 0 Å². The van der Waals surface area contributed by atoms with Gasteiger partial charge < -0.3 is 18.9 Å². The van der Waals surface area contributed by atoms with Crippen LogP contribution in [0.25, 0.3) is 32.7 Å². The van der Waals surface area contributed by atoms with Crippen molar-refractivity contribution in [2.75, 3.05) is 27.9 Å². The van der Waals surface area contributed by atoms with Gasteiger partial charge in [-0.05, 0) is 80.7 Å². The van der Waals surface area contributed by atoms with Gasteiger partial charge in [-0.15, -0.1) is 0 Å². The Hall–Kier alpha value is -5.14. The second-order valence-electron chi connectivity index (χ2n) is 10.7. The maximum atomic E-state index is 14.0. The highest BCUT2D eigenvalue weighted by molar-refractivity contribution is 7.85. The topological polar surface area (TPSA) is 66.4 Å². The quantitative estimate of drug-likeness (QED) is 0.161. The molecule has 0 saturated carbocycles. The van der Waals surface area contributed by atoms with Gasteiger partial charge in [0.05, 0.1) is 42.6 Å². The zero-order valence-electron chi connectivity index (χ0n) is 25.2. The Kier molecular flexibility index (Phi) is 7.69. The van der Waals surface area contributed by atoms with Gasteiger partial charge in [-0.25, -0.2) is 9.20 Å². The number of benzene rings is 6. The molecule has 7 heteroatoms. The fraction of sp³-hybridized carbons (Fsp3) is 0.132. The fourth-order valence-electron chi connectivity index (χ4n) is 5.99. The van der Waals surface area contributed by atoms with Gasteiger partial charge >= 0.3 is 0 Å². The first-order valence-electron chi connectivity index (χ1n) is 14.6. The van der Waals surface area contributed by atoms with Crippen molar-refractivity contribution in [2.45, 2.75) is 15.8 Å². The lowest BCUT2D eigenvalue weighted by atomic mass is 9.92. The summed E-state index contributed by atoms with van der Waals surface area (Å²) in [5.74, 6) is 2.08. The first-order chi connectivity index (χ1) is 22.1. The van der Waals surface area contributed by atoms with E-state index in [9.17, 15) is 4.21 Å². The fourth-order valence-corrected chi connectivity index (χ4v) is 7.18. The van der Waals surface area contributed by atoms with Gasteiger partial charge in [0.2, 0.25) is 11.6 Å². The number of aliphatic imine (C=N–C) groups is 1. The molecule has 45 heavy (non-hydrogen) atoms. The van der Waals surface area contributed by atoms with Crippen molar-refractivity contribution in [3.05, 3.63) is 126 Å². The van der Waals surface area contributed by atoms with E-state index in [-0.39, 0.29) is 6.04 Å². The highest BCUT2D eigenvalue weighted by atomic mass is 32.2. The molecule has 1 heterocycles. The Morgan fingerprint density at radius 1 is 0.711 bits per heavy atom. The van der Waals surface area contributed by atoms with E-state index in [0.717, 1.165) is 11.1 Å². The maximum absolute atomic E-state index is 14.0. The molecular weight excluding hydrogens is 582 g/mol. The number of rotatable bonds is 8. The SMILES string of the molecule is COc1cc([C@H]2COC(c3ccccc3S(=O)c3ccc(-c4c5ccccc5cc5ccccc45)cc3)=N2)cc(OC)c1OC. The van der Waals surface area contributed by atoms with Crippen molar-refractivity contribution < 1.29 is 23.2 Å². The summed E-state index contributed by atoms with van der Waals surface area (Å²) < 4.78 is 36.7. The summed E-state index contributed by atoms with van der Waals surface area (Å²) in [5.41, 5.74) is 3.83. The molecule has 0 bridgehead atoms. The van der Waals surface area contributed by atoms with Crippen LogP contribution >= 0.6 is 0 Å². The van der Waals surface area contributed by atoms with Gasteiger partial charge in [-0.2, -0.15) is 0 Å². The second-order valence-corrected chi connectivity index (χ2v) is 12.2. The van der Waals surface area contributed by atoms with E-state index in [1.165, 1.54) is 27.1 Å². The smallest absolute Gasteiger partial charge is 0.218 e. The van der Waals surface area contributed by atoms with Crippen molar-refractivity contribution in [1.29, 1.82) is 0 Å². The first kappa shape index (κ1) is 28.6. The molecule has 1 aliphatic heterocycles. The number of methoxy groups -OCH3 is 3. The Bertz CT molecular complexity index is 2030. The molecule has 0 radical (unpaired) electrons. The van der Waals surface area contributed by atoms with E-state index in [0.29, 0.717) is 45.1 Å². The van der Waals surface area contributed by atoms with E-state index in [1.807, 2.05) is 48.5 Å². The van der Waals surface area contributed by atoms with Crippen LogP contribution < -0.4 is 14.2 Å². The minimum absolute atomic E-state index is 0.287. The Labute approximate surface area is 264 Å². The molecule has 224 valence electrons. The molecule has 0 saturated heterocycles. The Morgan fingerprint density at radius 3 is 1.93 bits per heavy atom.